The summed E-state index contributed by atoms with van der Waals surface area (Å²) in [6.07, 6.45) is 2.76. The van der Waals surface area contributed by atoms with Crippen LogP contribution in [0.2, 0.25) is 0 Å². The highest BCUT2D eigenvalue weighted by Gasteiger charge is 2.26. The van der Waals surface area contributed by atoms with Gasteiger partial charge in [-0.3, -0.25) is 0 Å². The highest BCUT2D eigenvalue weighted by atomic mass is 32.2. The molecule has 1 aliphatic rings. The topological polar surface area (TPSA) is 41.0 Å². The van der Waals surface area contributed by atoms with Gasteiger partial charge in [-0.2, -0.15) is 11.8 Å². The molecule has 1 aromatic rings. The van der Waals surface area contributed by atoms with Gasteiger partial charge in [-0.15, -0.1) is 0 Å². The van der Waals surface area contributed by atoms with Crippen LogP contribution in [0.25, 0.3) is 0 Å². The molecule has 0 aromatic carbocycles. The molecule has 0 saturated carbocycles. The lowest BCUT2D eigenvalue weighted by Crippen LogP contribution is -2.45. The molecule has 4 nitrogen and oxygen atoms in total. The minimum absolute atomic E-state index is 0.526. The van der Waals surface area contributed by atoms with Gasteiger partial charge in [0.1, 0.15) is 18.0 Å². The minimum Gasteiger partial charge on any atom is -0.370 e. The van der Waals surface area contributed by atoms with Crippen LogP contribution in [0.15, 0.2) is 12.4 Å². The predicted molar refractivity (Wildman–Crippen MR) is 79.5 cm³/mol. The average Bonchev–Trinajstić information content (AvgIpc) is 2.40. The van der Waals surface area contributed by atoms with Crippen LogP contribution < -0.4 is 10.2 Å². The second-order valence-corrected chi connectivity index (χ2v) is 6.18. The first-order chi connectivity index (χ1) is 8.72. The number of nitrogens with one attached hydrogen (secondary N) is 1. The third kappa shape index (κ3) is 3.07. The fourth-order valence-corrected chi connectivity index (χ4v) is 3.21. The van der Waals surface area contributed by atoms with Gasteiger partial charge < -0.3 is 10.2 Å². The van der Waals surface area contributed by atoms with Crippen LogP contribution in [0.5, 0.6) is 0 Å². The Labute approximate surface area is 114 Å². The summed E-state index contributed by atoms with van der Waals surface area (Å²) >= 11 is 2.04. The van der Waals surface area contributed by atoms with E-state index in [1.165, 1.54) is 5.75 Å². The van der Waals surface area contributed by atoms with Gasteiger partial charge in [0.05, 0.1) is 0 Å². The summed E-state index contributed by atoms with van der Waals surface area (Å²) in [5.41, 5.74) is 0. The van der Waals surface area contributed by atoms with Crippen LogP contribution in [-0.2, 0) is 0 Å². The zero-order valence-corrected chi connectivity index (χ0v) is 12.2. The number of aromatic nitrogens is 2. The molecule has 2 atom stereocenters. The molecular formula is C13H22N4S. The van der Waals surface area contributed by atoms with Crippen molar-refractivity contribution in [2.24, 2.45) is 0 Å². The molecule has 1 saturated heterocycles. The summed E-state index contributed by atoms with van der Waals surface area (Å²) in [6, 6.07) is 2.59. The Bertz CT molecular complexity index is 385. The Hall–Kier alpha value is -0.970. The van der Waals surface area contributed by atoms with E-state index in [-0.39, 0.29) is 0 Å². The maximum atomic E-state index is 4.42. The Morgan fingerprint density at radius 1 is 1.44 bits per heavy atom. The van der Waals surface area contributed by atoms with Crippen molar-refractivity contribution in [1.82, 2.24) is 9.97 Å². The Kier molecular flexibility index (Phi) is 4.69. The Morgan fingerprint density at radius 3 is 3.06 bits per heavy atom. The molecule has 5 heteroatoms. The van der Waals surface area contributed by atoms with Crippen molar-refractivity contribution < 1.29 is 0 Å². The molecule has 2 rings (SSSR count). The van der Waals surface area contributed by atoms with Crippen LogP contribution >= 0.6 is 11.8 Å². The number of nitrogens with zero attached hydrogens (tertiary/aromatic N) is 3. The van der Waals surface area contributed by atoms with Crippen molar-refractivity contribution in [3.8, 4) is 0 Å². The average molecular weight is 266 g/mol. The van der Waals surface area contributed by atoms with Crippen molar-refractivity contribution in [3.63, 3.8) is 0 Å². The standard InChI is InChI=1S/C13H22N4S/c1-4-5-14-12-8-13(16-9-15-12)17-6-7-18-11(3)10(17)2/h8-11H,4-7H2,1-3H3,(H,14,15,16). The van der Waals surface area contributed by atoms with Crippen molar-refractivity contribution in [3.05, 3.63) is 12.4 Å². The number of rotatable bonds is 4. The van der Waals surface area contributed by atoms with Gasteiger partial charge in [-0.25, -0.2) is 9.97 Å². The smallest absolute Gasteiger partial charge is 0.134 e. The van der Waals surface area contributed by atoms with Crippen molar-refractivity contribution >= 4 is 23.4 Å². The minimum atomic E-state index is 0.526. The summed E-state index contributed by atoms with van der Waals surface area (Å²) in [5, 5.41) is 3.97. The quantitative estimate of drug-likeness (QED) is 0.907. The molecule has 2 unspecified atom stereocenters. The molecule has 100 valence electrons. The van der Waals surface area contributed by atoms with Crippen LogP contribution in [0.1, 0.15) is 27.2 Å². The molecule has 1 N–H and O–H groups in total. The molecule has 18 heavy (non-hydrogen) atoms. The van der Waals surface area contributed by atoms with Crippen LogP contribution in [-0.4, -0.2) is 40.1 Å². The molecule has 0 bridgehead atoms. The maximum absolute atomic E-state index is 4.42. The van der Waals surface area contributed by atoms with E-state index in [4.69, 9.17) is 0 Å². The van der Waals surface area contributed by atoms with E-state index in [0.29, 0.717) is 11.3 Å². The lowest BCUT2D eigenvalue weighted by molar-refractivity contribution is 0.620. The van der Waals surface area contributed by atoms with E-state index in [9.17, 15) is 0 Å². The molecule has 0 aliphatic carbocycles. The molecular weight excluding hydrogens is 244 g/mol. The third-order valence-corrected chi connectivity index (χ3v) is 4.72. The molecule has 1 aliphatic heterocycles. The van der Waals surface area contributed by atoms with Gasteiger partial charge in [0.15, 0.2) is 0 Å². The van der Waals surface area contributed by atoms with Crippen LogP contribution in [0.3, 0.4) is 0 Å². The normalized spacial score (nSPS) is 24.1. The van der Waals surface area contributed by atoms with E-state index in [1.807, 2.05) is 11.8 Å². The number of hydrogen-bond donors (Lipinski definition) is 1. The van der Waals surface area contributed by atoms with Gasteiger partial charge in [0, 0.05) is 36.2 Å². The lowest BCUT2D eigenvalue weighted by Gasteiger charge is -2.38. The lowest BCUT2D eigenvalue weighted by atomic mass is 10.2. The summed E-state index contributed by atoms with van der Waals surface area (Å²) in [4.78, 5) is 11.1. The molecule has 0 radical (unpaired) electrons. The highest BCUT2D eigenvalue weighted by molar-refractivity contribution is 8.00. The summed E-state index contributed by atoms with van der Waals surface area (Å²) in [5.74, 6) is 3.15. The largest absolute Gasteiger partial charge is 0.370 e. The van der Waals surface area contributed by atoms with Gasteiger partial charge in [-0.05, 0) is 13.3 Å². The first kappa shape index (κ1) is 13.5. The first-order valence-corrected chi connectivity index (χ1v) is 7.71. The Balaban J connectivity index is 2.11. The summed E-state index contributed by atoms with van der Waals surface area (Å²) < 4.78 is 0. The van der Waals surface area contributed by atoms with E-state index in [1.54, 1.807) is 6.33 Å². The second kappa shape index (κ2) is 6.27. The maximum Gasteiger partial charge on any atom is 0.134 e. The van der Waals surface area contributed by atoms with Crippen molar-refractivity contribution in [2.45, 2.75) is 38.5 Å². The van der Waals surface area contributed by atoms with E-state index >= 15 is 0 Å². The van der Waals surface area contributed by atoms with E-state index in [0.717, 1.165) is 31.1 Å². The summed E-state index contributed by atoms with van der Waals surface area (Å²) in [6.45, 7) is 8.75. The second-order valence-electron chi connectivity index (χ2n) is 4.70. The van der Waals surface area contributed by atoms with E-state index < -0.39 is 0 Å². The zero-order valence-electron chi connectivity index (χ0n) is 11.4. The van der Waals surface area contributed by atoms with Gasteiger partial charge >= 0.3 is 0 Å². The molecule has 0 spiro atoms. The van der Waals surface area contributed by atoms with Gasteiger partial charge in [0.2, 0.25) is 0 Å². The monoisotopic (exact) mass is 266 g/mol. The fourth-order valence-electron chi connectivity index (χ4n) is 2.11. The van der Waals surface area contributed by atoms with Crippen LogP contribution in [0, 0.1) is 0 Å². The van der Waals surface area contributed by atoms with E-state index in [2.05, 4.69) is 47.0 Å². The molecule has 2 heterocycles. The third-order valence-electron chi connectivity index (χ3n) is 3.39. The zero-order chi connectivity index (χ0) is 13.0. The Morgan fingerprint density at radius 2 is 2.28 bits per heavy atom. The number of hydrogen-bond acceptors (Lipinski definition) is 5. The number of anilines is 2. The van der Waals surface area contributed by atoms with Gasteiger partial charge in [-0.1, -0.05) is 13.8 Å². The van der Waals surface area contributed by atoms with Crippen molar-refractivity contribution in [2.75, 3.05) is 29.1 Å². The first-order valence-electron chi connectivity index (χ1n) is 6.66. The predicted octanol–water partition coefficient (Wildman–Crippen LogP) is 2.63. The fraction of sp³-hybridized carbons (Fsp3) is 0.692. The molecule has 0 amide bonds. The van der Waals surface area contributed by atoms with Gasteiger partial charge in [0.25, 0.3) is 0 Å². The number of thioether (sulfide) groups is 1. The van der Waals surface area contributed by atoms with Crippen LogP contribution in [0.4, 0.5) is 11.6 Å². The highest BCUT2D eigenvalue weighted by Crippen LogP contribution is 2.28. The summed E-state index contributed by atoms with van der Waals surface area (Å²) in [7, 11) is 0. The molecule has 1 aromatic heterocycles. The molecule has 1 fully saturated rings. The van der Waals surface area contributed by atoms with Crippen molar-refractivity contribution in [1.29, 1.82) is 0 Å². The SMILES string of the molecule is CCCNc1cc(N2CCSC(C)C2C)ncn1.